The number of halogens is 3. The fourth-order valence-corrected chi connectivity index (χ4v) is 4.85. The highest BCUT2D eigenvalue weighted by Crippen LogP contribution is 2.33. The average molecular weight is 443 g/mol. The van der Waals surface area contributed by atoms with E-state index in [0.717, 1.165) is 34.8 Å². The molecule has 0 aliphatic carbocycles. The molecule has 0 fully saturated rings. The van der Waals surface area contributed by atoms with E-state index < -0.39 is 22.1 Å². The topological polar surface area (TPSA) is 81.2 Å². The summed E-state index contributed by atoms with van der Waals surface area (Å²) in [4.78, 5) is 9.09. The molecule has 0 bridgehead atoms. The highest BCUT2D eigenvalue weighted by Gasteiger charge is 2.31. The Morgan fingerprint density at radius 1 is 1.17 bits per heavy atom. The average Bonchev–Trinajstić information content (AvgIpc) is 3.03. The molecular formula is C18H16F3N3O3S2. The number of anilines is 1. The van der Waals surface area contributed by atoms with Crippen molar-refractivity contribution in [2.24, 2.45) is 0 Å². The van der Waals surface area contributed by atoms with Gasteiger partial charge in [-0.25, -0.2) is 13.4 Å². The van der Waals surface area contributed by atoms with Crippen molar-refractivity contribution in [2.75, 3.05) is 4.72 Å². The predicted octanol–water partition coefficient (Wildman–Crippen LogP) is 4.86. The summed E-state index contributed by atoms with van der Waals surface area (Å²) in [6.45, 7) is 1.98. The number of hydrogen-bond acceptors (Lipinski definition) is 6. The molecule has 0 radical (unpaired) electrons. The first-order valence-corrected chi connectivity index (χ1v) is 10.8. The van der Waals surface area contributed by atoms with E-state index in [2.05, 4.69) is 19.4 Å². The molecule has 6 nitrogen and oxygen atoms in total. The van der Waals surface area contributed by atoms with Crippen molar-refractivity contribution in [1.82, 2.24) is 9.97 Å². The zero-order chi connectivity index (χ0) is 21.1. The zero-order valence-corrected chi connectivity index (χ0v) is 16.7. The number of aryl methyl sites for hydroxylation is 1. The number of benzene rings is 1. The van der Waals surface area contributed by atoms with E-state index in [4.69, 9.17) is 0 Å². The van der Waals surface area contributed by atoms with Crippen molar-refractivity contribution < 1.29 is 26.3 Å². The highest BCUT2D eigenvalue weighted by molar-refractivity contribution is 7.93. The lowest BCUT2D eigenvalue weighted by molar-refractivity contribution is -0.274. The number of alkyl halides is 3. The lowest BCUT2D eigenvalue weighted by atomic mass is 10.2. The summed E-state index contributed by atoms with van der Waals surface area (Å²) in [7, 11) is -4.16. The molecule has 0 saturated heterocycles. The molecule has 3 aromatic rings. The number of thiazole rings is 1. The van der Waals surface area contributed by atoms with Gasteiger partial charge in [0.15, 0.2) is 5.13 Å². The van der Waals surface area contributed by atoms with Gasteiger partial charge in [-0.3, -0.25) is 9.71 Å². The lowest BCUT2D eigenvalue weighted by Gasteiger charge is -2.10. The Morgan fingerprint density at radius 3 is 2.62 bits per heavy atom. The molecule has 0 atom stereocenters. The molecule has 11 heteroatoms. The number of rotatable bonds is 7. The number of nitrogens with zero attached hydrogens (tertiary/aromatic N) is 2. The standard InChI is InChI=1S/C18H16F3N3O3S2/c1-2-6-15-16(14-9-3-4-10-22-14)23-17(28-15)24-29(25,26)13-8-5-7-12(11-13)27-18(19,20)21/h3-5,7-11H,2,6H2,1H3,(H,23,24). The van der Waals surface area contributed by atoms with Crippen molar-refractivity contribution in [1.29, 1.82) is 0 Å². The largest absolute Gasteiger partial charge is 0.573 e. The van der Waals surface area contributed by atoms with Gasteiger partial charge in [-0.15, -0.1) is 24.5 Å². The molecule has 0 aliphatic rings. The number of hydrogen-bond donors (Lipinski definition) is 1. The van der Waals surface area contributed by atoms with Crippen LogP contribution in [-0.4, -0.2) is 24.7 Å². The predicted molar refractivity (Wildman–Crippen MR) is 103 cm³/mol. The molecule has 0 aliphatic heterocycles. The van der Waals surface area contributed by atoms with E-state index in [9.17, 15) is 21.6 Å². The SMILES string of the molecule is CCCc1sc(NS(=O)(=O)c2cccc(OC(F)(F)F)c2)nc1-c1ccccn1. The van der Waals surface area contributed by atoms with Crippen LogP contribution in [0, 0.1) is 0 Å². The van der Waals surface area contributed by atoms with Gasteiger partial charge in [-0.2, -0.15) is 0 Å². The quantitative estimate of drug-likeness (QED) is 0.564. The number of pyridine rings is 1. The van der Waals surface area contributed by atoms with Crippen molar-refractivity contribution in [3.8, 4) is 17.1 Å². The van der Waals surface area contributed by atoms with Gasteiger partial charge in [0.25, 0.3) is 10.0 Å². The van der Waals surface area contributed by atoms with Crippen LogP contribution in [0.15, 0.2) is 53.6 Å². The second-order valence-electron chi connectivity index (χ2n) is 5.88. The van der Waals surface area contributed by atoms with Crippen molar-refractivity contribution >= 4 is 26.5 Å². The van der Waals surface area contributed by atoms with Gasteiger partial charge < -0.3 is 4.74 Å². The fourth-order valence-electron chi connectivity index (χ4n) is 2.51. The maximum absolute atomic E-state index is 12.6. The minimum Gasteiger partial charge on any atom is -0.406 e. The van der Waals surface area contributed by atoms with E-state index in [-0.39, 0.29) is 10.0 Å². The Morgan fingerprint density at radius 2 is 1.97 bits per heavy atom. The van der Waals surface area contributed by atoms with Crippen LogP contribution in [0.4, 0.5) is 18.3 Å². The second kappa shape index (κ2) is 8.37. The van der Waals surface area contributed by atoms with Gasteiger partial charge in [0.2, 0.25) is 0 Å². The second-order valence-corrected chi connectivity index (χ2v) is 8.65. The maximum Gasteiger partial charge on any atom is 0.573 e. The first-order chi connectivity index (χ1) is 13.7. The van der Waals surface area contributed by atoms with Crippen LogP contribution >= 0.6 is 11.3 Å². The molecule has 2 heterocycles. The van der Waals surface area contributed by atoms with E-state index >= 15 is 0 Å². The van der Waals surface area contributed by atoms with Crippen molar-refractivity contribution in [3.63, 3.8) is 0 Å². The highest BCUT2D eigenvalue weighted by atomic mass is 32.2. The molecule has 3 rings (SSSR count). The van der Waals surface area contributed by atoms with Crippen LogP contribution in [0.2, 0.25) is 0 Å². The van der Waals surface area contributed by atoms with E-state index in [1.165, 1.54) is 12.1 Å². The Balaban J connectivity index is 1.90. The van der Waals surface area contributed by atoms with Crippen LogP contribution in [0.3, 0.4) is 0 Å². The Kier molecular flexibility index (Phi) is 6.08. The Bertz CT molecular complexity index is 1080. The van der Waals surface area contributed by atoms with Gasteiger partial charge >= 0.3 is 6.36 Å². The van der Waals surface area contributed by atoms with Gasteiger partial charge in [0.1, 0.15) is 11.4 Å². The minimum atomic E-state index is -4.92. The minimum absolute atomic E-state index is 0.108. The number of ether oxygens (including phenoxy) is 1. The van der Waals surface area contributed by atoms with E-state index in [1.807, 2.05) is 6.92 Å². The molecule has 0 spiro atoms. The lowest BCUT2D eigenvalue weighted by Crippen LogP contribution is -2.18. The summed E-state index contributed by atoms with van der Waals surface area (Å²) in [6.07, 6.45) is -1.80. The summed E-state index contributed by atoms with van der Waals surface area (Å²) in [6, 6.07) is 9.49. The molecule has 1 N–H and O–H groups in total. The summed E-state index contributed by atoms with van der Waals surface area (Å²) in [5, 5.41) is 0.108. The molecule has 2 aromatic heterocycles. The van der Waals surface area contributed by atoms with Gasteiger partial charge in [0.05, 0.1) is 10.6 Å². The number of sulfonamides is 1. The van der Waals surface area contributed by atoms with E-state index in [0.29, 0.717) is 17.8 Å². The molecule has 154 valence electrons. The molecule has 29 heavy (non-hydrogen) atoms. The van der Waals surface area contributed by atoms with Gasteiger partial charge in [-0.05, 0) is 30.7 Å². The molecule has 0 unspecified atom stereocenters. The monoisotopic (exact) mass is 443 g/mol. The van der Waals surface area contributed by atoms with E-state index in [1.54, 1.807) is 24.4 Å². The normalized spacial score (nSPS) is 12.0. The summed E-state index contributed by atoms with van der Waals surface area (Å²) in [5.74, 6) is -0.625. The smallest absolute Gasteiger partial charge is 0.406 e. The Hall–Kier alpha value is -2.66. The van der Waals surface area contributed by atoms with Crippen LogP contribution < -0.4 is 9.46 Å². The van der Waals surface area contributed by atoms with Gasteiger partial charge in [0, 0.05) is 17.1 Å². The number of aromatic nitrogens is 2. The fraction of sp³-hybridized carbons (Fsp3) is 0.222. The van der Waals surface area contributed by atoms with Crippen LogP contribution in [0.25, 0.3) is 11.4 Å². The first kappa shape index (κ1) is 21.1. The summed E-state index contributed by atoms with van der Waals surface area (Å²) in [5.41, 5.74) is 1.18. The first-order valence-electron chi connectivity index (χ1n) is 8.47. The maximum atomic E-state index is 12.6. The summed E-state index contributed by atoms with van der Waals surface area (Å²) >= 11 is 1.16. The number of nitrogens with one attached hydrogen (secondary N) is 1. The van der Waals surface area contributed by atoms with Gasteiger partial charge in [-0.1, -0.05) is 25.5 Å². The zero-order valence-electron chi connectivity index (χ0n) is 15.1. The third-order valence-corrected chi connectivity index (χ3v) is 6.15. The molecule has 0 amide bonds. The molecule has 1 aromatic carbocycles. The summed E-state index contributed by atoms with van der Waals surface area (Å²) < 4.78 is 68.6. The van der Waals surface area contributed by atoms with Crippen LogP contribution in [0.1, 0.15) is 18.2 Å². The Labute approximate surface area is 169 Å². The van der Waals surface area contributed by atoms with Crippen molar-refractivity contribution in [3.05, 3.63) is 53.5 Å². The van der Waals surface area contributed by atoms with Crippen LogP contribution in [-0.2, 0) is 16.4 Å². The molecule has 0 saturated carbocycles. The van der Waals surface area contributed by atoms with Crippen LogP contribution in [0.5, 0.6) is 5.75 Å². The molecular weight excluding hydrogens is 427 g/mol. The van der Waals surface area contributed by atoms with Crippen molar-refractivity contribution in [2.45, 2.75) is 31.0 Å². The third kappa shape index (κ3) is 5.45. The third-order valence-electron chi connectivity index (χ3n) is 3.65.